The van der Waals surface area contributed by atoms with Crippen LogP contribution in [0.3, 0.4) is 0 Å². The van der Waals surface area contributed by atoms with E-state index in [4.69, 9.17) is 31.5 Å². The van der Waals surface area contributed by atoms with Gasteiger partial charge in [-0.25, -0.2) is 4.79 Å². The minimum atomic E-state index is -1.31. The molecule has 2 N–H and O–H groups in total. The molecule has 1 aliphatic rings. The number of nitrogens with two attached hydrogens (primary N) is 1. The summed E-state index contributed by atoms with van der Waals surface area (Å²) in [5, 5.41) is 10.1. The Morgan fingerprint density at radius 2 is 1.90 bits per heavy atom. The van der Waals surface area contributed by atoms with Crippen molar-refractivity contribution in [2.75, 3.05) is 13.2 Å². The van der Waals surface area contributed by atoms with Crippen LogP contribution in [0.4, 0.5) is 0 Å². The van der Waals surface area contributed by atoms with E-state index in [-0.39, 0.29) is 24.7 Å². The van der Waals surface area contributed by atoms with E-state index >= 15 is 0 Å². The lowest BCUT2D eigenvalue weighted by atomic mass is 9.79. The van der Waals surface area contributed by atoms with Gasteiger partial charge in [0.1, 0.15) is 11.3 Å². The molecule has 0 radical (unpaired) electrons. The zero-order chi connectivity index (χ0) is 21.4. The zero-order valence-corrected chi connectivity index (χ0v) is 17.3. The van der Waals surface area contributed by atoms with Gasteiger partial charge in [-0.1, -0.05) is 38.3 Å². The van der Waals surface area contributed by atoms with Gasteiger partial charge in [0.25, 0.3) is 0 Å². The van der Waals surface area contributed by atoms with E-state index < -0.39 is 23.8 Å². The van der Waals surface area contributed by atoms with Gasteiger partial charge in [-0.2, -0.15) is 5.26 Å². The zero-order valence-electron chi connectivity index (χ0n) is 16.6. The number of rotatable bonds is 9. The topological polar surface area (TPSA) is 112 Å². The van der Waals surface area contributed by atoms with Crippen LogP contribution in [0.2, 0.25) is 5.02 Å². The van der Waals surface area contributed by atoms with Crippen molar-refractivity contribution in [1.82, 2.24) is 0 Å². The van der Waals surface area contributed by atoms with Crippen LogP contribution in [0.25, 0.3) is 0 Å². The molecule has 1 aliphatic heterocycles. The molecule has 0 unspecified atom stereocenters. The molecule has 0 fully saturated rings. The average molecular weight is 421 g/mol. The molecule has 2 atom stereocenters. The molecule has 0 saturated heterocycles. The van der Waals surface area contributed by atoms with Crippen molar-refractivity contribution in [2.24, 2.45) is 11.7 Å². The number of halogens is 1. The fourth-order valence-corrected chi connectivity index (χ4v) is 3.15. The second kappa shape index (κ2) is 10.7. The van der Waals surface area contributed by atoms with Gasteiger partial charge in [0.05, 0.1) is 25.2 Å². The number of fused-ring (bicyclic) bond motifs is 1. The van der Waals surface area contributed by atoms with E-state index in [0.717, 1.165) is 12.8 Å². The highest BCUT2D eigenvalue weighted by Gasteiger charge is 2.43. The molecule has 1 aromatic rings. The summed E-state index contributed by atoms with van der Waals surface area (Å²) in [6.07, 6.45) is 3.02. The first-order valence-corrected chi connectivity index (χ1v) is 10.0. The lowest BCUT2D eigenvalue weighted by Gasteiger charge is -2.30. The van der Waals surface area contributed by atoms with E-state index in [0.29, 0.717) is 29.2 Å². The predicted octanol–water partition coefficient (Wildman–Crippen LogP) is 3.81. The number of hydrogen-bond donors (Lipinski definition) is 1. The van der Waals surface area contributed by atoms with Gasteiger partial charge in [-0.3, -0.25) is 4.79 Å². The SMILES string of the molecule is CCCCOC(=O)C1=C(N)Oc2ccc(Cl)cc2[C@@H]1[C@H](C#N)C(=O)OCCCC. The molecule has 1 heterocycles. The first-order chi connectivity index (χ1) is 13.9. The standard InChI is InChI=1S/C21H25ClN2O5/c1-3-5-9-27-20(25)15(12-23)17-14-11-13(22)7-8-16(14)29-19(24)18(17)21(26)28-10-6-4-2/h7-8,11,15,17H,3-6,9-10,24H2,1-2H3/t15-,17+/m0/s1. The highest BCUT2D eigenvalue weighted by molar-refractivity contribution is 6.30. The molecule has 0 bridgehead atoms. The van der Waals surface area contributed by atoms with Gasteiger partial charge in [-0.15, -0.1) is 0 Å². The molecule has 0 spiro atoms. The third-order valence-electron chi connectivity index (χ3n) is 4.52. The number of esters is 2. The lowest BCUT2D eigenvalue weighted by molar-refractivity contribution is -0.147. The summed E-state index contributed by atoms with van der Waals surface area (Å²) >= 11 is 6.12. The van der Waals surface area contributed by atoms with Crippen molar-refractivity contribution in [1.29, 1.82) is 5.26 Å². The Labute approximate surface area is 175 Å². The van der Waals surface area contributed by atoms with E-state index in [1.54, 1.807) is 18.2 Å². The van der Waals surface area contributed by atoms with Crippen LogP contribution in [0.15, 0.2) is 29.7 Å². The Hall–Kier alpha value is -2.72. The molecular weight excluding hydrogens is 396 g/mol. The number of nitriles is 1. The molecule has 0 saturated carbocycles. The van der Waals surface area contributed by atoms with Crippen molar-refractivity contribution in [3.05, 3.63) is 40.2 Å². The fraction of sp³-hybridized carbons (Fsp3) is 0.476. The monoisotopic (exact) mass is 420 g/mol. The quantitative estimate of drug-likeness (QED) is 0.477. The van der Waals surface area contributed by atoms with E-state index in [1.807, 2.05) is 19.9 Å². The number of carbonyl (C=O) groups excluding carboxylic acids is 2. The van der Waals surface area contributed by atoms with Gasteiger partial charge >= 0.3 is 11.9 Å². The normalized spacial score (nSPS) is 16.3. The van der Waals surface area contributed by atoms with Crippen LogP contribution in [0, 0.1) is 17.2 Å². The maximum Gasteiger partial charge on any atom is 0.340 e. The minimum Gasteiger partial charge on any atom is -0.465 e. The fourth-order valence-electron chi connectivity index (χ4n) is 2.97. The van der Waals surface area contributed by atoms with Crippen LogP contribution in [0.5, 0.6) is 5.75 Å². The number of unbranched alkanes of at least 4 members (excludes halogenated alkanes) is 2. The Bertz CT molecular complexity index is 831. The van der Waals surface area contributed by atoms with Crippen molar-refractivity contribution in [2.45, 2.75) is 45.4 Å². The van der Waals surface area contributed by atoms with Crippen molar-refractivity contribution in [3.8, 4) is 11.8 Å². The van der Waals surface area contributed by atoms with Crippen molar-refractivity contribution >= 4 is 23.5 Å². The molecule has 2 rings (SSSR count). The van der Waals surface area contributed by atoms with Gasteiger partial charge in [0.15, 0.2) is 5.92 Å². The van der Waals surface area contributed by atoms with Gasteiger partial charge in [-0.05, 0) is 31.0 Å². The summed E-state index contributed by atoms with van der Waals surface area (Å²) in [6.45, 7) is 4.30. The van der Waals surface area contributed by atoms with Gasteiger partial charge in [0, 0.05) is 10.6 Å². The summed E-state index contributed by atoms with van der Waals surface area (Å²) < 4.78 is 16.1. The summed E-state index contributed by atoms with van der Waals surface area (Å²) in [7, 11) is 0. The number of hydrogen-bond acceptors (Lipinski definition) is 7. The third kappa shape index (κ3) is 5.42. The second-order valence-corrected chi connectivity index (χ2v) is 7.09. The van der Waals surface area contributed by atoms with Crippen LogP contribution >= 0.6 is 11.6 Å². The van der Waals surface area contributed by atoms with E-state index in [2.05, 4.69) is 0 Å². The maximum absolute atomic E-state index is 12.8. The third-order valence-corrected chi connectivity index (χ3v) is 4.76. The Kier molecular flexibility index (Phi) is 8.34. The molecule has 8 heteroatoms. The van der Waals surface area contributed by atoms with Crippen LogP contribution < -0.4 is 10.5 Å². The van der Waals surface area contributed by atoms with Crippen LogP contribution in [-0.4, -0.2) is 25.2 Å². The molecule has 0 amide bonds. The van der Waals surface area contributed by atoms with Crippen LogP contribution in [-0.2, 0) is 19.1 Å². The summed E-state index contributed by atoms with van der Waals surface area (Å²) in [5.74, 6) is -3.65. The number of ether oxygens (including phenoxy) is 3. The molecule has 7 nitrogen and oxygen atoms in total. The Morgan fingerprint density at radius 3 is 2.52 bits per heavy atom. The number of benzene rings is 1. The smallest absolute Gasteiger partial charge is 0.340 e. The molecular formula is C21H25ClN2O5. The second-order valence-electron chi connectivity index (χ2n) is 6.66. The molecule has 0 aromatic heterocycles. The Morgan fingerprint density at radius 1 is 1.24 bits per heavy atom. The number of nitrogens with zero attached hydrogens (tertiary/aromatic N) is 1. The lowest BCUT2D eigenvalue weighted by Crippen LogP contribution is -2.34. The first-order valence-electron chi connectivity index (χ1n) is 9.64. The highest BCUT2D eigenvalue weighted by atomic mass is 35.5. The molecule has 1 aromatic carbocycles. The molecule has 29 heavy (non-hydrogen) atoms. The largest absolute Gasteiger partial charge is 0.465 e. The predicted molar refractivity (Wildman–Crippen MR) is 107 cm³/mol. The Balaban J connectivity index is 2.45. The maximum atomic E-state index is 12.8. The molecule has 0 aliphatic carbocycles. The number of carbonyl (C=O) groups is 2. The average Bonchev–Trinajstić information content (AvgIpc) is 2.69. The molecule has 156 valence electrons. The van der Waals surface area contributed by atoms with E-state index in [1.165, 1.54) is 0 Å². The first kappa shape index (κ1) is 22.6. The summed E-state index contributed by atoms with van der Waals surface area (Å²) in [6, 6.07) is 6.68. The van der Waals surface area contributed by atoms with Gasteiger partial charge in [0.2, 0.25) is 5.88 Å². The van der Waals surface area contributed by atoms with Crippen molar-refractivity contribution < 1.29 is 23.8 Å². The minimum absolute atomic E-state index is 0.0742. The highest BCUT2D eigenvalue weighted by Crippen LogP contribution is 2.44. The summed E-state index contributed by atoms with van der Waals surface area (Å²) in [5.41, 5.74) is 6.34. The van der Waals surface area contributed by atoms with Gasteiger partial charge < -0.3 is 19.9 Å². The summed E-state index contributed by atoms with van der Waals surface area (Å²) in [4.78, 5) is 25.4. The van der Waals surface area contributed by atoms with Crippen LogP contribution in [0.1, 0.15) is 51.0 Å². The van der Waals surface area contributed by atoms with E-state index in [9.17, 15) is 14.9 Å². The van der Waals surface area contributed by atoms with Crippen molar-refractivity contribution in [3.63, 3.8) is 0 Å².